The molecule has 0 fully saturated rings. The van der Waals surface area contributed by atoms with Crippen LogP contribution in [0, 0.1) is 0 Å². The van der Waals surface area contributed by atoms with E-state index in [1.165, 1.54) is 17.7 Å². The fourth-order valence-corrected chi connectivity index (χ4v) is 2.89. The molecule has 1 N–H and O–H groups in total. The minimum Gasteiger partial charge on any atom is -0.486 e. The fraction of sp³-hybridized carbons (Fsp3) is 0.600. The normalized spacial score (nSPS) is 13.4. The number of hydrogen-bond acceptors (Lipinski definition) is 5. The molecule has 0 aliphatic carbocycles. The molecule has 0 spiro atoms. The van der Waals surface area contributed by atoms with Crippen molar-refractivity contribution in [2.45, 2.75) is 17.7 Å². The molecule has 5 heteroatoms. The van der Waals surface area contributed by atoms with Crippen molar-refractivity contribution in [1.29, 1.82) is 0 Å². The van der Waals surface area contributed by atoms with Gasteiger partial charge in [-0.25, -0.2) is 0 Å². The number of benzene rings is 1. The first-order chi connectivity index (χ1) is 9.90. The molecule has 1 aromatic rings. The van der Waals surface area contributed by atoms with Crippen LogP contribution in [-0.2, 0) is 4.74 Å². The van der Waals surface area contributed by atoms with Crippen LogP contribution in [0.15, 0.2) is 23.1 Å². The van der Waals surface area contributed by atoms with E-state index in [0.717, 1.165) is 36.9 Å². The smallest absolute Gasteiger partial charge is 0.162 e. The largest absolute Gasteiger partial charge is 0.486 e. The fourth-order valence-electron chi connectivity index (χ4n) is 1.95. The Morgan fingerprint density at radius 1 is 1.15 bits per heavy atom. The lowest BCUT2D eigenvalue weighted by Crippen LogP contribution is -2.20. The lowest BCUT2D eigenvalue weighted by Gasteiger charge is -2.18. The Kier molecular flexibility index (Phi) is 7.05. The molecule has 1 heterocycles. The number of ether oxygens (including phenoxy) is 3. The van der Waals surface area contributed by atoms with Crippen LogP contribution in [0.1, 0.15) is 12.8 Å². The summed E-state index contributed by atoms with van der Waals surface area (Å²) in [6, 6.07) is 6.19. The molecule has 0 unspecified atom stereocenters. The van der Waals surface area contributed by atoms with Gasteiger partial charge in [0.05, 0.1) is 6.61 Å². The maximum Gasteiger partial charge on any atom is 0.162 e. The summed E-state index contributed by atoms with van der Waals surface area (Å²) in [5, 5.41) is 3.36. The molecule has 1 aliphatic heterocycles. The summed E-state index contributed by atoms with van der Waals surface area (Å²) in [6.45, 7) is 4.08. The second-order valence-corrected chi connectivity index (χ2v) is 5.77. The van der Waals surface area contributed by atoms with E-state index in [4.69, 9.17) is 14.2 Å². The Hall–Kier alpha value is -0.910. The topological polar surface area (TPSA) is 39.7 Å². The lowest BCUT2D eigenvalue weighted by molar-refractivity contribution is 0.171. The molecule has 4 nitrogen and oxygen atoms in total. The van der Waals surface area contributed by atoms with Crippen molar-refractivity contribution < 1.29 is 14.2 Å². The number of thioether (sulfide) groups is 1. The molecule has 20 heavy (non-hydrogen) atoms. The van der Waals surface area contributed by atoms with Gasteiger partial charge < -0.3 is 19.5 Å². The van der Waals surface area contributed by atoms with Crippen molar-refractivity contribution in [3.8, 4) is 11.5 Å². The van der Waals surface area contributed by atoms with E-state index in [2.05, 4.69) is 17.4 Å². The van der Waals surface area contributed by atoms with E-state index in [1.807, 2.05) is 17.8 Å². The van der Waals surface area contributed by atoms with Crippen LogP contribution in [0.4, 0.5) is 0 Å². The summed E-state index contributed by atoms with van der Waals surface area (Å²) in [7, 11) is 1.73. The zero-order valence-electron chi connectivity index (χ0n) is 12.0. The molecule has 112 valence electrons. The highest BCUT2D eigenvalue weighted by atomic mass is 32.2. The van der Waals surface area contributed by atoms with Gasteiger partial charge in [0.15, 0.2) is 11.5 Å². The third-order valence-corrected chi connectivity index (χ3v) is 4.09. The van der Waals surface area contributed by atoms with Gasteiger partial charge in [-0.05, 0) is 43.3 Å². The highest BCUT2D eigenvalue weighted by Crippen LogP contribution is 2.34. The van der Waals surface area contributed by atoms with Crippen LogP contribution in [0.25, 0.3) is 0 Å². The number of unbranched alkanes of at least 4 members (excludes halogenated alkanes) is 1. The maximum atomic E-state index is 5.59. The van der Waals surface area contributed by atoms with Crippen LogP contribution >= 0.6 is 11.8 Å². The quantitative estimate of drug-likeness (QED) is 0.560. The second kappa shape index (κ2) is 9.10. The lowest BCUT2D eigenvalue weighted by atomic mass is 10.3. The maximum absolute atomic E-state index is 5.59. The standard InChI is InChI=1S/C15H23NO3S/c1-17-8-7-16-6-2-3-11-20-13-4-5-14-15(12-13)19-10-9-18-14/h4-5,12,16H,2-3,6-11H2,1H3. The van der Waals surface area contributed by atoms with Gasteiger partial charge in [0.1, 0.15) is 13.2 Å². The molecule has 0 saturated heterocycles. The van der Waals surface area contributed by atoms with Crippen molar-refractivity contribution in [2.75, 3.05) is 45.8 Å². The first-order valence-corrected chi connectivity index (χ1v) is 8.11. The zero-order valence-corrected chi connectivity index (χ0v) is 12.8. The van der Waals surface area contributed by atoms with E-state index in [1.54, 1.807) is 7.11 Å². The van der Waals surface area contributed by atoms with Gasteiger partial charge >= 0.3 is 0 Å². The van der Waals surface area contributed by atoms with E-state index in [0.29, 0.717) is 13.2 Å². The predicted octanol–water partition coefficient (Wildman–Crippen LogP) is 2.57. The number of methoxy groups -OCH3 is 1. The predicted molar refractivity (Wildman–Crippen MR) is 82.1 cm³/mol. The Morgan fingerprint density at radius 2 is 2.00 bits per heavy atom. The molecule has 0 aromatic heterocycles. The van der Waals surface area contributed by atoms with Crippen molar-refractivity contribution in [3.63, 3.8) is 0 Å². The van der Waals surface area contributed by atoms with E-state index >= 15 is 0 Å². The van der Waals surface area contributed by atoms with E-state index < -0.39 is 0 Å². The van der Waals surface area contributed by atoms with Crippen LogP contribution in [-0.4, -0.2) is 45.8 Å². The second-order valence-electron chi connectivity index (χ2n) is 4.60. The number of nitrogens with one attached hydrogen (secondary N) is 1. The van der Waals surface area contributed by atoms with Gasteiger partial charge in [-0.2, -0.15) is 0 Å². The zero-order chi connectivity index (χ0) is 14.0. The van der Waals surface area contributed by atoms with Crippen LogP contribution in [0.3, 0.4) is 0 Å². The molecule has 0 atom stereocenters. The number of rotatable bonds is 9. The first-order valence-electron chi connectivity index (χ1n) is 7.12. The summed E-state index contributed by atoms with van der Waals surface area (Å²) in [5.41, 5.74) is 0. The molecule has 0 bridgehead atoms. The molecule has 0 saturated carbocycles. The van der Waals surface area contributed by atoms with E-state index in [-0.39, 0.29) is 0 Å². The molecular weight excluding hydrogens is 274 g/mol. The van der Waals surface area contributed by atoms with Crippen LogP contribution < -0.4 is 14.8 Å². The van der Waals surface area contributed by atoms with Gasteiger partial charge in [0.2, 0.25) is 0 Å². The number of hydrogen-bond donors (Lipinski definition) is 1. The van der Waals surface area contributed by atoms with Gasteiger partial charge in [0, 0.05) is 18.6 Å². The van der Waals surface area contributed by atoms with E-state index in [9.17, 15) is 0 Å². The van der Waals surface area contributed by atoms with Crippen LogP contribution in [0.5, 0.6) is 11.5 Å². The van der Waals surface area contributed by atoms with Crippen molar-refractivity contribution in [2.24, 2.45) is 0 Å². The summed E-state index contributed by atoms with van der Waals surface area (Å²) >= 11 is 1.87. The van der Waals surface area contributed by atoms with Crippen LogP contribution in [0.2, 0.25) is 0 Å². The number of fused-ring (bicyclic) bond motifs is 1. The third-order valence-electron chi connectivity index (χ3n) is 3.01. The van der Waals surface area contributed by atoms with Gasteiger partial charge in [-0.3, -0.25) is 0 Å². The minimum atomic E-state index is 0.647. The van der Waals surface area contributed by atoms with Gasteiger partial charge in [0.25, 0.3) is 0 Å². The minimum absolute atomic E-state index is 0.647. The summed E-state index contributed by atoms with van der Waals surface area (Å²) < 4.78 is 16.1. The molecule has 0 radical (unpaired) electrons. The molecule has 0 amide bonds. The summed E-state index contributed by atoms with van der Waals surface area (Å²) in [4.78, 5) is 1.25. The van der Waals surface area contributed by atoms with Crippen molar-refractivity contribution >= 4 is 11.8 Å². The van der Waals surface area contributed by atoms with Crippen molar-refractivity contribution in [3.05, 3.63) is 18.2 Å². The Labute approximate surface area is 125 Å². The Morgan fingerprint density at radius 3 is 2.85 bits per heavy atom. The molecule has 1 aliphatic rings. The first kappa shape index (κ1) is 15.5. The Bertz CT molecular complexity index is 401. The SMILES string of the molecule is COCCNCCCCSc1ccc2c(c1)OCCO2. The Balaban J connectivity index is 1.60. The van der Waals surface area contributed by atoms with Gasteiger partial charge in [-0.15, -0.1) is 11.8 Å². The molecular formula is C15H23NO3S. The highest BCUT2D eigenvalue weighted by Gasteiger charge is 2.11. The molecule has 2 rings (SSSR count). The van der Waals surface area contributed by atoms with Gasteiger partial charge in [-0.1, -0.05) is 0 Å². The average molecular weight is 297 g/mol. The molecule has 1 aromatic carbocycles. The monoisotopic (exact) mass is 297 g/mol. The third kappa shape index (κ3) is 5.23. The summed E-state index contributed by atoms with van der Waals surface area (Å²) in [6.07, 6.45) is 2.40. The average Bonchev–Trinajstić information content (AvgIpc) is 2.50. The highest BCUT2D eigenvalue weighted by molar-refractivity contribution is 7.99. The summed E-state index contributed by atoms with van der Waals surface area (Å²) in [5.74, 6) is 2.87. The van der Waals surface area contributed by atoms with Crippen molar-refractivity contribution in [1.82, 2.24) is 5.32 Å².